The van der Waals surface area contributed by atoms with Crippen molar-refractivity contribution < 1.29 is 33.3 Å². The van der Waals surface area contributed by atoms with Crippen molar-refractivity contribution in [2.75, 3.05) is 13.2 Å². The zero-order valence-electron chi connectivity index (χ0n) is 23.1. The fourth-order valence-electron chi connectivity index (χ4n) is 3.66. The van der Waals surface area contributed by atoms with Crippen LogP contribution in [0, 0.1) is 0 Å². The van der Waals surface area contributed by atoms with E-state index in [1.54, 1.807) is 67.6 Å². The van der Waals surface area contributed by atoms with Crippen LogP contribution in [0.3, 0.4) is 0 Å². The second kappa shape index (κ2) is 15.9. The van der Waals surface area contributed by atoms with Crippen LogP contribution < -0.4 is 14.2 Å². The molecule has 3 aromatic carbocycles. The summed E-state index contributed by atoms with van der Waals surface area (Å²) < 4.78 is 21.6. The number of ether oxygens (including phenoxy) is 4. The summed E-state index contributed by atoms with van der Waals surface area (Å²) in [6, 6.07) is 20.4. The van der Waals surface area contributed by atoms with Gasteiger partial charge in [-0.3, -0.25) is 0 Å². The summed E-state index contributed by atoms with van der Waals surface area (Å²) >= 11 is 0. The van der Waals surface area contributed by atoms with Crippen molar-refractivity contribution in [3.63, 3.8) is 0 Å². The fourth-order valence-corrected chi connectivity index (χ4v) is 3.66. The quantitative estimate of drug-likeness (QED) is 0.0870. The highest BCUT2D eigenvalue weighted by Gasteiger charge is 2.12. The third kappa shape index (κ3) is 10.1. The summed E-state index contributed by atoms with van der Waals surface area (Å²) in [5, 5.41) is 0. The minimum Gasteiger partial charge on any atom is -0.494 e. The van der Waals surface area contributed by atoms with Gasteiger partial charge in [0, 0.05) is 5.57 Å². The molecule has 0 radical (unpaired) electrons. The summed E-state index contributed by atoms with van der Waals surface area (Å²) in [6.45, 7) is 8.08. The molecule has 0 fully saturated rings. The molecule has 7 nitrogen and oxygen atoms in total. The van der Waals surface area contributed by atoms with Crippen LogP contribution in [0.5, 0.6) is 17.2 Å². The van der Waals surface area contributed by atoms with Gasteiger partial charge in [-0.15, -0.1) is 0 Å². The topological polar surface area (TPSA) is 88.1 Å². The molecular formula is C33H36O7. The van der Waals surface area contributed by atoms with Gasteiger partial charge in [0.05, 0.1) is 24.3 Å². The van der Waals surface area contributed by atoms with Crippen molar-refractivity contribution >= 4 is 17.9 Å². The maximum absolute atomic E-state index is 12.5. The van der Waals surface area contributed by atoms with E-state index in [9.17, 15) is 14.4 Å². The fraction of sp³-hybridized carbons (Fsp3) is 0.303. The third-order valence-corrected chi connectivity index (χ3v) is 5.98. The molecule has 0 aliphatic rings. The van der Waals surface area contributed by atoms with Crippen molar-refractivity contribution in [1.82, 2.24) is 0 Å². The smallest absolute Gasteiger partial charge is 0.343 e. The highest BCUT2D eigenvalue weighted by atomic mass is 16.5. The van der Waals surface area contributed by atoms with E-state index < -0.39 is 17.9 Å². The number of hydrogen-bond acceptors (Lipinski definition) is 7. The van der Waals surface area contributed by atoms with E-state index in [-0.39, 0.29) is 0 Å². The molecule has 3 rings (SSSR count). The number of unbranched alkanes of at least 4 members (excludes halogenated alkanes) is 3. The van der Waals surface area contributed by atoms with E-state index in [0.717, 1.165) is 12.8 Å². The number of aryl methyl sites for hydroxylation is 1. The lowest BCUT2D eigenvalue weighted by Gasteiger charge is -2.09. The lowest BCUT2D eigenvalue weighted by molar-refractivity contribution is -0.139. The van der Waals surface area contributed by atoms with Gasteiger partial charge >= 0.3 is 17.9 Å². The lowest BCUT2D eigenvalue weighted by Crippen LogP contribution is -2.10. The zero-order chi connectivity index (χ0) is 28.7. The average Bonchev–Trinajstić information content (AvgIpc) is 2.96. The van der Waals surface area contributed by atoms with Gasteiger partial charge < -0.3 is 18.9 Å². The van der Waals surface area contributed by atoms with E-state index >= 15 is 0 Å². The number of benzene rings is 3. The third-order valence-electron chi connectivity index (χ3n) is 5.98. The Kier molecular flexibility index (Phi) is 12.0. The number of esters is 3. The Labute approximate surface area is 235 Å². The molecule has 3 aromatic rings. The van der Waals surface area contributed by atoms with Gasteiger partial charge in [-0.2, -0.15) is 0 Å². The number of carbonyl (C=O) groups is 3. The second-order valence-electron chi connectivity index (χ2n) is 9.40. The highest BCUT2D eigenvalue weighted by molar-refractivity contribution is 5.92. The van der Waals surface area contributed by atoms with Gasteiger partial charge in [-0.05, 0) is 98.8 Å². The molecule has 0 aliphatic heterocycles. The first kappa shape index (κ1) is 30.2. The molecule has 0 spiro atoms. The molecule has 0 unspecified atom stereocenters. The summed E-state index contributed by atoms with van der Waals surface area (Å²) in [7, 11) is 0. The van der Waals surface area contributed by atoms with Gasteiger partial charge in [-0.25, -0.2) is 14.4 Å². The van der Waals surface area contributed by atoms with E-state index in [1.165, 1.54) is 18.4 Å². The first-order valence-corrected chi connectivity index (χ1v) is 13.5. The first-order valence-electron chi connectivity index (χ1n) is 13.5. The van der Waals surface area contributed by atoms with Crippen molar-refractivity contribution in [3.8, 4) is 17.2 Å². The Hall–Kier alpha value is -4.39. The van der Waals surface area contributed by atoms with Crippen LogP contribution in [0.1, 0.15) is 72.2 Å². The van der Waals surface area contributed by atoms with E-state index in [0.29, 0.717) is 60.0 Å². The van der Waals surface area contributed by atoms with Crippen LogP contribution >= 0.6 is 0 Å². The Bertz CT molecular complexity index is 1260. The Morgan fingerprint density at radius 2 is 1.15 bits per heavy atom. The molecule has 40 heavy (non-hydrogen) atoms. The van der Waals surface area contributed by atoms with Gasteiger partial charge in [0.15, 0.2) is 0 Å². The van der Waals surface area contributed by atoms with Crippen molar-refractivity contribution in [1.29, 1.82) is 0 Å². The molecule has 7 heteroatoms. The van der Waals surface area contributed by atoms with Crippen molar-refractivity contribution in [2.45, 2.75) is 52.4 Å². The first-order chi connectivity index (χ1) is 19.4. The molecule has 0 amide bonds. The van der Waals surface area contributed by atoms with Crippen molar-refractivity contribution in [3.05, 3.63) is 102 Å². The highest BCUT2D eigenvalue weighted by Crippen LogP contribution is 2.19. The minimum atomic E-state index is -0.528. The summed E-state index contributed by atoms with van der Waals surface area (Å²) in [5.41, 5.74) is 2.31. The van der Waals surface area contributed by atoms with Crippen LogP contribution in [0.2, 0.25) is 0 Å². The predicted octanol–water partition coefficient (Wildman–Crippen LogP) is 7.14. The molecule has 210 valence electrons. The summed E-state index contributed by atoms with van der Waals surface area (Å²) in [5.74, 6) is 0.00273. The Morgan fingerprint density at radius 1 is 0.650 bits per heavy atom. The van der Waals surface area contributed by atoms with Gasteiger partial charge in [0.25, 0.3) is 0 Å². The monoisotopic (exact) mass is 544 g/mol. The Balaban J connectivity index is 1.41. The zero-order valence-corrected chi connectivity index (χ0v) is 23.1. The molecule has 0 saturated carbocycles. The minimum absolute atomic E-state index is 0.311. The second-order valence-corrected chi connectivity index (χ2v) is 9.40. The lowest BCUT2D eigenvalue weighted by atomic mass is 10.1. The standard InChI is InChI=1S/C33H36O7/c1-4-5-6-9-25-10-16-29(17-11-25)39-33(36)27-14-20-30(21-15-27)40-32(35)26-12-18-28(19-13-26)37-22-7-8-23-38-31(34)24(2)3/h10-21H,2,4-9,22-23H2,1,3H3. The molecule has 0 atom stereocenters. The average molecular weight is 545 g/mol. The van der Waals surface area contributed by atoms with Crippen LogP contribution in [-0.4, -0.2) is 31.1 Å². The normalized spacial score (nSPS) is 10.4. The molecule has 0 heterocycles. The molecule has 0 saturated heterocycles. The molecule has 0 aliphatic carbocycles. The Morgan fingerprint density at radius 3 is 1.68 bits per heavy atom. The van der Waals surface area contributed by atoms with Gasteiger partial charge in [0.1, 0.15) is 17.2 Å². The van der Waals surface area contributed by atoms with Crippen LogP contribution in [0.4, 0.5) is 0 Å². The van der Waals surface area contributed by atoms with Crippen LogP contribution in [0.25, 0.3) is 0 Å². The van der Waals surface area contributed by atoms with Crippen molar-refractivity contribution in [2.24, 2.45) is 0 Å². The van der Waals surface area contributed by atoms with Crippen LogP contribution in [-0.2, 0) is 16.0 Å². The van der Waals surface area contributed by atoms with E-state index in [4.69, 9.17) is 18.9 Å². The SMILES string of the molecule is C=C(C)C(=O)OCCCCOc1ccc(C(=O)Oc2ccc(C(=O)Oc3ccc(CCCCC)cc3)cc2)cc1. The van der Waals surface area contributed by atoms with Gasteiger partial charge in [0.2, 0.25) is 0 Å². The van der Waals surface area contributed by atoms with Gasteiger partial charge in [-0.1, -0.05) is 38.5 Å². The van der Waals surface area contributed by atoms with E-state index in [1.807, 2.05) is 12.1 Å². The molecule has 0 aromatic heterocycles. The predicted molar refractivity (Wildman–Crippen MR) is 153 cm³/mol. The molecular weight excluding hydrogens is 508 g/mol. The summed E-state index contributed by atoms with van der Waals surface area (Å²) in [4.78, 5) is 36.4. The van der Waals surface area contributed by atoms with E-state index in [2.05, 4.69) is 13.5 Å². The maximum atomic E-state index is 12.5. The summed E-state index contributed by atoms with van der Waals surface area (Å²) in [6.07, 6.45) is 5.92. The maximum Gasteiger partial charge on any atom is 0.343 e. The van der Waals surface area contributed by atoms with Crippen LogP contribution in [0.15, 0.2) is 84.9 Å². The largest absolute Gasteiger partial charge is 0.494 e. The number of hydrogen-bond donors (Lipinski definition) is 0. The number of carbonyl (C=O) groups excluding carboxylic acids is 3. The number of rotatable bonds is 15. The molecule has 0 N–H and O–H groups in total. The molecule has 0 bridgehead atoms.